The number of piperidine rings is 1. The van der Waals surface area contributed by atoms with Crippen molar-refractivity contribution in [2.24, 2.45) is 0 Å². The van der Waals surface area contributed by atoms with Gasteiger partial charge in [0.05, 0.1) is 0 Å². The second-order valence-electron chi connectivity index (χ2n) is 3.71. The third-order valence-corrected chi connectivity index (χ3v) is 6.50. The molecule has 0 bridgehead atoms. The predicted octanol–water partition coefficient (Wildman–Crippen LogP) is 1.64. The minimum atomic E-state index is -2.19. The summed E-state index contributed by atoms with van der Waals surface area (Å²) in [7, 11) is 0. The molecule has 4 heteroatoms. The van der Waals surface area contributed by atoms with E-state index in [1.165, 1.54) is 0 Å². The zero-order valence-electron chi connectivity index (χ0n) is 8.51. The fraction of sp³-hybridized carbons (Fsp3) is 0.455. The molecule has 1 fully saturated rings. The number of β-amino-alcohol motifs (C(OH)–C–C–N with tert-alkyl or cyclic N) is 1. The van der Waals surface area contributed by atoms with Crippen molar-refractivity contribution in [2.45, 2.75) is 18.9 Å². The van der Waals surface area contributed by atoms with Crippen molar-refractivity contribution >= 4 is 20.5 Å². The zero-order valence-corrected chi connectivity index (χ0v) is 10.7. The maximum atomic E-state index is 10.2. The number of benzene rings is 1. The standard InChI is InChI=1S/C11H16INO2/c14-11-7-4-8-13(9-11)12(15)10-5-2-1-3-6-10/h1-3,5-6,11,14-15H,4,7-9H2. The van der Waals surface area contributed by atoms with Crippen LogP contribution in [0.4, 0.5) is 0 Å². The summed E-state index contributed by atoms with van der Waals surface area (Å²) in [6.07, 6.45) is 1.60. The van der Waals surface area contributed by atoms with Gasteiger partial charge in [-0.2, -0.15) is 0 Å². The van der Waals surface area contributed by atoms with Crippen LogP contribution in [-0.4, -0.2) is 30.8 Å². The van der Waals surface area contributed by atoms with Gasteiger partial charge in [-0.25, -0.2) is 0 Å². The molecular weight excluding hydrogens is 305 g/mol. The quantitative estimate of drug-likeness (QED) is 0.643. The molecule has 15 heavy (non-hydrogen) atoms. The molecule has 0 spiro atoms. The summed E-state index contributed by atoms with van der Waals surface area (Å²) in [5.74, 6) is 0. The first-order valence-corrected chi connectivity index (χ1v) is 8.15. The third-order valence-electron chi connectivity index (χ3n) is 2.50. The van der Waals surface area contributed by atoms with E-state index in [2.05, 4.69) is 3.11 Å². The fourth-order valence-corrected chi connectivity index (χ4v) is 5.19. The number of halogens is 1. The van der Waals surface area contributed by atoms with Crippen LogP contribution in [0.25, 0.3) is 0 Å². The molecule has 0 amide bonds. The van der Waals surface area contributed by atoms with E-state index in [1.54, 1.807) is 0 Å². The number of nitrogens with zero attached hydrogens (tertiary/aromatic N) is 1. The van der Waals surface area contributed by atoms with Crippen molar-refractivity contribution < 1.29 is 8.54 Å². The van der Waals surface area contributed by atoms with Crippen molar-refractivity contribution in [3.63, 3.8) is 0 Å². The Morgan fingerprint density at radius 1 is 1.27 bits per heavy atom. The molecule has 1 aromatic carbocycles. The Morgan fingerprint density at radius 3 is 2.67 bits per heavy atom. The van der Waals surface area contributed by atoms with E-state index >= 15 is 0 Å². The van der Waals surface area contributed by atoms with Crippen molar-refractivity contribution in [3.05, 3.63) is 33.9 Å². The normalized spacial score (nSPS) is 23.9. The molecule has 1 aromatic rings. The first-order chi connectivity index (χ1) is 7.27. The van der Waals surface area contributed by atoms with Gasteiger partial charge >= 0.3 is 98.1 Å². The molecule has 1 atom stereocenters. The van der Waals surface area contributed by atoms with Gasteiger partial charge in [-0.1, -0.05) is 0 Å². The third kappa shape index (κ3) is 2.90. The molecule has 2 rings (SSSR count). The van der Waals surface area contributed by atoms with Gasteiger partial charge in [0.25, 0.3) is 0 Å². The van der Waals surface area contributed by atoms with Crippen molar-refractivity contribution in [3.8, 4) is 0 Å². The van der Waals surface area contributed by atoms with Crippen LogP contribution >= 0.6 is 20.5 Å². The molecule has 0 radical (unpaired) electrons. The summed E-state index contributed by atoms with van der Waals surface area (Å²) < 4.78 is 13.4. The monoisotopic (exact) mass is 321 g/mol. The molecule has 1 saturated heterocycles. The van der Waals surface area contributed by atoms with E-state index in [0.717, 1.165) is 23.0 Å². The van der Waals surface area contributed by atoms with E-state index < -0.39 is 20.5 Å². The van der Waals surface area contributed by atoms with E-state index in [-0.39, 0.29) is 6.10 Å². The molecular formula is C11H16INO2. The van der Waals surface area contributed by atoms with Gasteiger partial charge in [-0.05, 0) is 0 Å². The topological polar surface area (TPSA) is 43.7 Å². The summed E-state index contributed by atoms with van der Waals surface area (Å²) in [5.41, 5.74) is 0. The number of aliphatic hydroxyl groups is 1. The van der Waals surface area contributed by atoms with Crippen molar-refractivity contribution in [1.82, 2.24) is 3.11 Å². The Bertz CT molecular complexity index is 307. The molecule has 3 nitrogen and oxygen atoms in total. The SMILES string of the molecule is OC1CCCN(I(O)c2ccccc2)C1. The van der Waals surface area contributed by atoms with Gasteiger partial charge in [0.15, 0.2) is 0 Å². The number of aliphatic hydroxyl groups excluding tert-OH is 1. The Morgan fingerprint density at radius 2 is 2.00 bits per heavy atom. The van der Waals surface area contributed by atoms with Gasteiger partial charge in [-0.15, -0.1) is 0 Å². The van der Waals surface area contributed by atoms with Crippen molar-refractivity contribution in [1.29, 1.82) is 0 Å². The Labute approximate surface area is 98.0 Å². The molecule has 0 aliphatic carbocycles. The van der Waals surface area contributed by atoms with Crippen LogP contribution in [0, 0.1) is 3.57 Å². The first kappa shape index (κ1) is 11.3. The van der Waals surface area contributed by atoms with Crippen LogP contribution in [0.2, 0.25) is 0 Å². The summed E-state index contributed by atoms with van der Waals surface area (Å²) >= 11 is -2.19. The van der Waals surface area contributed by atoms with Crippen LogP contribution in [0.5, 0.6) is 0 Å². The van der Waals surface area contributed by atoms with E-state index in [4.69, 9.17) is 0 Å². The first-order valence-electron chi connectivity index (χ1n) is 5.14. The molecule has 1 unspecified atom stereocenters. The Kier molecular flexibility index (Phi) is 3.96. The Balaban J connectivity index is 2.04. The van der Waals surface area contributed by atoms with Crippen molar-refractivity contribution in [2.75, 3.05) is 13.1 Å². The Hall–Kier alpha value is -0.170. The molecule has 1 aliphatic rings. The van der Waals surface area contributed by atoms with Gasteiger partial charge in [0.1, 0.15) is 0 Å². The summed E-state index contributed by atoms with van der Waals surface area (Å²) in [4.78, 5) is 0. The molecule has 2 N–H and O–H groups in total. The van der Waals surface area contributed by atoms with Crippen LogP contribution in [0.15, 0.2) is 30.3 Å². The van der Waals surface area contributed by atoms with Crippen LogP contribution in [-0.2, 0) is 0 Å². The molecule has 0 aromatic heterocycles. The number of rotatable bonds is 2. The van der Waals surface area contributed by atoms with Gasteiger partial charge in [0, 0.05) is 0 Å². The summed E-state index contributed by atoms with van der Waals surface area (Å²) in [6.45, 7) is 1.56. The second kappa shape index (κ2) is 5.25. The maximum absolute atomic E-state index is 10.2. The van der Waals surface area contributed by atoms with Crippen LogP contribution in [0.3, 0.4) is 0 Å². The number of hydrogen-bond acceptors (Lipinski definition) is 3. The predicted molar refractivity (Wildman–Crippen MR) is 68.2 cm³/mol. The second-order valence-corrected chi connectivity index (χ2v) is 7.71. The minimum absolute atomic E-state index is 0.255. The van der Waals surface area contributed by atoms with Crippen LogP contribution in [0.1, 0.15) is 12.8 Å². The van der Waals surface area contributed by atoms with Crippen LogP contribution < -0.4 is 0 Å². The average Bonchev–Trinajstić information content (AvgIpc) is 2.29. The number of hydrogen-bond donors (Lipinski definition) is 2. The molecule has 1 aliphatic heterocycles. The average molecular weight is 321 g/mol. The van der Waals surface area contributed by atoms with E-state index in [9.17, 15) is 8.54 Å². The van der Waals surface area contributed by atoms with Gasteiger partial charge in [0.2, 0.25) is 0 Å². The molecule has 0 saturated carbocycles. The summed E-state index contributed by atoms with van der Waals surface area (Å²) in [6, 6.07) is 9.82. The molecule has 1 heterocycles. The summed E-state index contributed by atoms with van der Waals surface area (Å²) in [5, 5.41) is 9.55. The van der Waals surface area contributed by atoms with Gasteiger partial charge < -0.3 is 0 Å². The fourth-order valence-electron chi connectivity index (χ4n) is 1.72. The van der Waals surface area contributed by atoms with E-state index in [1.807, 2.05) is 30.3 Å². The molecule has 84 valence electrons. The zero-order chi connectivity index (χ0) is 10.7. The van der Waals surface area contributed by atoms with E-state index in [0.29, 0.717) is 6.54 Å². The van der Waals surface area contributed by atoms with Gasteiger partial charge in [-0.3, -0.25) is 0 Å².